The zero-order valence-electron chi connectivity index (χ0n) is 16.6. The lowest BCUT2D eigenvalue weighted by Crippen LogP contribution is -2.67. The predicted octanol–water partition coefficient (Wildman–Crippen LogP) is 3.74. The van der Waals surface area contributed by atoms with Gasteiger partial charge in [-0.05, 0) is 28.4 Å². The predicted molar refractivity (Wildman–Crippen MR) is 117 cm³/mol. The zero-order chi connectivity index (χ0) is 20.7. The molecular weight excluding hydrogens is 381 g/mol. The van der Waals surface area contributed by atoms with Crippen LogP contribution in [0.3, 0.4) is 0 Å². The van der Waals surface area contributed by atoms with Gasteiger partial charge in [-0.3, -0.25) is 4.79 Å². The number of alkyl halides is 1. The number of amides is 1. The summed E-state index contributed by atoms with van der Waals surface area (Å²) in [7, 11) is -3.23. The standard InChI is InChI=1S/C24H26FNO2Si/c1-2-11-23(25)29(20-13-5-3-6-14-20,21-15-7-4-8-16-21)28-18-19-12-9-10-17-22(19)24(26)27/h3-10,12-17,23H,2,11,18H2,1H3,(H2,26,27). The fraction of sp³-hybridized carbons (Fsp3) is 0.208. The second-order valence-electron chi connectivity index (χ2n) is 7.03. The number of primary amides is 1. The Morgan fingerprint density at radius 2 is 1.45 bits per heavy atom. The molecule has 0 aliphatic rings. The van der Waals surface area contributed by atoms with Gasteiger partial charge in [-0.1, -0.05) is 92.2 Å². The molecule has 1 atom stereocenters. The summed E-state index contributed by atoms with van der Waals surface area (Å²) in [5, 5.41) is 1.76. The van der Waals surface area contributed by atoms with Crippen LogP contribution in [0.1, 0.15) is 35.7 Å². The number of carbonyl (C=O) groups is 1. The molecule has 0 aliphatic carbocycles. The summed E-state index contributed by atoms with van der Waals surface area (Å²) in [5.74, 6) is -1.64. The van der Waals surface area contributed by atoms with Crippen LogP contribution in [0.25, 0.3) is 0 Å². The van der Waals surface area contributed by atoms with E-state index < -0.39 is 20.0 Å². The lowest BCUT2D eigenvalue weighted by atomic mass is 10.1. The summed E-state index contributed by atoms with van der Waals surface area (Å²) in [4.78, 5) is 11.8. The van der Waals surface area contributed by atoms with Crippen LogP contribution in [0.2, 0.25) is 0 Å². The molecule has 0 saturated carbocycles. The van der Waals surface area contributed by atoms with Gasteiger partial charge in [-0.2, -0.15) is 0 Å². The van der Waals surface area contributed by atoms with Gasteiger partial charge >= 0.3 is 0 Å². The first-order valence-corrected chi connectivity index (χ1v) is 11.8. The van der Waals surface area contributed by atoms with Gasteiger partial charge in [0.1, 0.15) is 5.79 Å². The van der Waals surface area contributed by atoms with Gasteiger partial charge in [0, 0.05) is 5.56 Å². The Kier molecular flexibility index (Phi) is 6.96. The molecule has 1 unspecified atom stereocenters. The SMILES string of the molecule is CCCC(F)[Si](OCc1ccccc1C(N)=O)(c1ccccc1)c1ccccc1. The number of hydrogen-bond acceptors (Lipinski definition) is 2. The van der Waals surface area contributed by atoms with Crippen LogP contribution in [0, 0.1) is 0 Å². The lowest BCUT2D eigenvalue weighted by Gasteiger charge is -2.35. The van der Waals surface area contributed by atoms with Crippen LogP contribution in [-0.4, -0.2) is 20.0 Å². The van der Waals surface area contributed by atoms with Crippen molar-refractivity contribution in [2.45, 2.75) is 32.2 Å². The topological polar surface area (TPSA) is 52.3 Å². The summed E-state index contributed by atoms with van der Waals surface area (Å²) in [5.41, 5.74) is 6.60. The largest absolute Gasteiger partial charge is 0.401 e. The van der Waals surface area contributed by atoms with Crippen molar-refractivity contribution in [3.63, 3.8) is 0 Å². The van der Waals surface area contributed by atoms with E-state index in [2.05, 4.69) is 0 Å². The highest BCUT2D eigenvalue weighted by molar-refractivity contribution is 6.98. The maximum absolute atomic E-state index is 15.9. The Balaban J connectivity index is 2.11. The van der Waals surface area contributed by atoms with Gasteiger partial charge in [0.25, 0.3) is 8.32 Å². The number of hydrogen-bond donors (Lipinski definition) is 1. The molecule has 5 heteroatoms. The number of rotatable bonds is 9. The van der Waals surface area contributed by atoms with Gasteiger partial charge in [0.2, 0.25) is 5.91 Å². The Bertz CT molecular complexity index is 894. The van der Waals surface area contributed by atoms with E-state index in [4.69, 9.17) is 10.2 Å². The average Bonchev–Trinajstić information content (AvgIpc) is 2.76. The van der Waals surface area contributed by atoms with Crippen molar-refractivity contribution in [1.29, 1.82) is 0 Å². The van der Waals surface area contributed by atoms with Crippen molar-refractivity contribution in [3.8, 4) is 0 Å². The van der Waals surface area contributed by atoms with Crippen LogP contribution >= 0.6 is 0 Å². The number of halogens is 1. The Hall–Kier alpha value is -2.76. The van der Waals surface area contributed by atoms with E-state index in [1.807, 2.05) is 79.7 Å². The molecule has 0 saturated heterocycles. The molecule has 0 radical (unpaired) electrons. The van der Waals surface area contributed by atoms with Crippen molar-refractivity contribution >= 4 is 24.6 Å². The third kappa shape index (κ3) is 4.47. The fourth-order valence-electron chi connectivity index (χ4n) is 3.69. The molecule has 3 nitrogen and oxygen atoms in total. The molecule has 0 spiro atoms. The number of nitrogens with two attached hydrogens (primary N) is 1. The minimum Gasteiger partial charge on any atom is -0.401 e. The van der Waals surface area contributed by atoms with Gasteiger partial charge in [-0.25, -0.2) is 4.39 Å². The molecule has 3 rings (SSSR count). The highest BCUT2D eigenvalue weighted by Gasteiger charge is 2.47. The summed E-state index contributed by atoms with van der Waals surface area (Å²) >= 11 is 0. The molecule has 29 heavy (non-hydrogen) atoms. The lowest BCUT2D eigenvalue weighted by molar-refractivity contribution is 0.0997. The first-order chi connectivity index (χ1) is 14.1. The number of benzene rings is 3. The van der Waals surface area contributed by atoms with Crippen LogP contribution in [0.15, 0.2) is 84.9 Å². The minimum atomic E-state index is -3.23. The van der Waals surface area contributed by atoms with Crippen molar-refractivity contribution < 1.29 is 13.6 Å². The van der Waals surface area contributed by atoms with Crippen molar-refractivity contribution in [2.24, 2.45) is 5.73 Å². The fourth-order valence-corrected chi connectivity index (χ4v) is 7.72. The maximum Gasteiger partial charge on any atom is 0.290 e. The average molecular weight is 408 g/mol. The number of carbonyl (C=O) groups excluding carboxylic acids is 1. The molecule has 0 aromatic heterocycles. The summed E-state index contributed by atoms with van der Waals surface area (Å²) in [6.07, 6.45) is 1.13. The van der Waals surface area contributed by atoms with Crippen LogP contribution in [0.5, 0.6) is 0 Å². The van der Waals surface area contributed by atoms with Gasteiger partial charge in [-0.15, -0.1) is 0 Å². The molecule has 3 aromatic rings. The molecule has 3 aromatic carbocycles. The highest BCUT2D eigenvalue weighted by atomic mass is 28.4. The van der Waals surface area contributed by atoms with E-state index in [1.54, 1.807) is 12.1 Å². The minimum absolute atomic E-state index is 0.124. The van der Waals surface area contributed by atoms with E-state index in [0.717, 1.165) is 16.8 Å². The summed E-state index contributed by atoms with van der Waals surface area (Å²) < 4.78 is 22.5. The summed E-state index contributed by atoms with van der Waals surface area (Å²) in [6, 6.07) is 26.4. The van der Waals surface area contributed by atoms with E-state index in [0.29, 0.717) is 17.5 Å². The smallest absolute Gasteiger partial charge is 0.290 e. The Morgan fingerprint density at radius 3 is 1.97 bits per heavy atom. The molecule has 0 aliphatic heterocycles. The molecule has 0 heterocycles. The van der Waals surface area contributed by atoms with Gasteiger partial charge in [0.15, 0.2) is 0 Å². The van der Waals surface area contributed by atoms with E-state index >= 15 is 4.39 Å². The van der Waals surface area contributed by atoms with E-state index in [-0.39, 0.29) is 6.61 Å². The molecule has 0 fully saturated rings. The third-order valence-electron chi connectivity index (χ3n) is 5.13. The van der Waals surface area contributed by atoms with Gasteiger partial charge < -0.3 is 10.2 Å². The second kappa shape index (κ2) is 9.63. The second-order valence-corrected chi connectivity index (χ2v) is 10.6. The Morgan fingerprint density at radius 1 is 0.931 bits per heavy atom. The van der Waals surface area contributed by atoms with Crippen LogP contribution in [0.4, 0.5) is 4.39 Å². The molecule has 2 N–H and O–H groups in total. The van der Waals surface area contributed by atoms with Gasteiger partial charge in [0.05, 0.1) is 6.61 Å². The normalized spacial score (nSPS) is 12.5. The van der Waals surface area contributed by atoms with E-state index in [9.17, 15) is 4.79 Å². The third-order valence-corrected chi connectivity index (χ3v) is 9.28. The quantitative estimate of drug-likeness (QED) is 0.550. The first-order valence-electron chi connectivity index (χ1n) is 9.86. The van der Waals surface area contributed by atoms with E-state index in [1.165, 1.54) is 0 Å². The highest BCUT2D eigenvalue weighted by Crippen LogP contribution is 2.22. The molecular formula is C24H26FNO2Si. The van der Waals surface area contributed by atoms with Crippen molar-refractivity contribution in [1.82, 2.24) is 0 Å². The zero-order valence-corrected chi connectivity index (χ0v) is 17.6. The maximum atomic E-state index is 15.9. The van der Waals surface area contributed by atoms with Crippen molar-refractivity contribution in [3.05, 3.63) is 96.1 Å². The molecule has 0 bridgehead atoms. The van der Waals surface area contributed by atoms with Crippen molar-refractivity contribution in [2.75, 3.05) is 0 Å². The summed E-state index contributed by atoms with van der Waals surface area (Å²) in [6.45, 7) is 2.10. The first kappa shape index (κ1) is 21.0. The Labute approximate surface area is 172 Å². The van der Waals surface area contributed by atoms with Crippen LogP contribution in [-0.2, 0) is 11.0 Å². The monoisotopic (exact) mass is 407 g/mol. The molecule has 150 valence electrons. The molecule has 1 amide bonds. The van der Waals surface area contributed by atoms with Crippen LogP contribution < -0.4 is 16.1 Å².